The molecule has 0 spiro atoms. The SMILES string of the molecule is C=C[C@H]1COC(=O)[C@@H]1[C@H](c1cc(OC)c(OC)c(OC)c1)c1cc2c(cc1OS(=O)(=O)C(F)(F)F)OCO2. The van der Waals surface area contributed by atoms with Crippen molar-refractivity contribution in [2.24, 2.45) is 11.8 Å². The van der Waals surface area contributed by atoms with Crippen LogP contribution in [0.5, 0.6) is 34.5 Å². The topological polar surface area (TPSA) is 116 Å². The first-order valence-electron chi connectivity index (χ1n) is 11.0. The predicted octanol–water partition coefficient (Wildman–Crippen LogP) is 3.78. The summed E-state index contributed by atoms with van der Waals surface area (Å²) in [6.07, 6.45) is 1.47. The third-order valence-corrected chi connectivity index (χ3v) is 7.15. The van der Waals surface area contributed by atoms with Gasteiger partial charge in [0.2, 0.25) is 12.5 Å². The molecule has 1 saturated heterocycles. The van der Waals surface area contributed by atoms with Crippen LogP contribution < -0.4 is 27.9 Å². The number of alkyl halides is 3. The average molecular weight is 560 g/mol. The Balaban J connectivity index is 2.02. The van der Waals surface area contributed by atoms with Gasteiger partial charge in [-0.15, -0.1) is 6.58 Å². The highest BCUT2D eigenvalue weighted by Crippen LogP contribution is 2.51. The zero-order valence-electron chi connectivity index (χ0n) is 20.4. The smallest absolute Gasteiger partial charge is 0.493 e. The summed E-state index contributed by atoms with van der Waals surface area (Å²) in [6.45, 7) is 3.43. The molecule has 38 heavy (non-hydrogen) atoms. The van der Waals surface area contributed by atoms with Gasteiger partial charge in [0.25, 0.3) is 0 Å². The Hall–Kier alpha value is -3.81. The van der Waals surface area contributed by atoms with E-state index in [1.54, 1.807) is 0 Å². The van der Waals surface area contributed by atoms with Crippen molar-refractivity contribution >= 4 is 16.1 Å². The van der Waals surface area contributed by atoms with Gasteiger partial charge in [-0.1, -0.05) is 6.08 Å². The molecule has 2 aliphatic rings. The van der Waals surface area contributed by atoms with Crippen LogP contribution in [0.1, 0.15) is 17.0 Å². The molecule has 0 aliphatic carbocycles. The molecule has 2 heterocycles. The third kappa shape index (κ3) is 4.75. The van der Waals surface area contributed by atoms with E-state index in [0.717, 1.165) is 6.07 Å². The highest BCUT2D eigenvalue weighted by molar-refractivity contribution is 7.88. The molecule has 0 unspecified atom stereocenters. The number of carbonyl (C=O) groups excluding carboxylic acids is 1. The van der Waals surface area contributed by atoms with E-state index in [4.69, 9.17) is 28.4 Å². The van der Waals surface area contributed by atoms with E-state index in [0.29, 0.717) is 5.56 Å². The molecule has 2 aliphatic heterocycles. The summed E-state index contributed by atoms with van der Waals surface area (Å²) in [5, 5.41) is 0. The van der Waals surface area contributed by atoms with Crippen molar-refractivity contribution < 1.29 is 59.0 Å². The van der Waals surface area contributed by atoms with Crippen LogP contribution in [0.4, 0.5) is 13.2 Å². The van der Waals surface area contributed by atoms with Gasteiger partial charge in [-0.3, -0.25) is 4.79 Å². The summed E-state index contributed by atoms with van der Waals surface area (Å²) in [5.74, 6) is -3.54. The molecule has 10 nitrogen and oxygen atoms in total. The molecular formula is C24H23F3O10S. The summed E-state index contributed by atoms with van der Waals surface area (Å²) in [4.78, 5) is 13.0. The predicted molar refractivity (Wildman–Crippen MR) is 124 cm³/mol. The fraction of sp³-hybridized carbons (Fsp3) is 0.375. The molecule has 4 rings (SSSR count). The lowest BCUT2D eigenvalue weighted by atomic mass is 9.75. The molecule has 2 aromatic carbocycles. The molecule has 1 fully saturated rings. The normalized spacial score (nSPS) is 19.5. The second kappa shape index (κ2) is 10.2. The van der Waals surface area contributed by atoms with Gasteiger partial charge in [0, 0.05) is 23.5 Å². The first-order chi connectivity index (χ1) is 17.9. The van der Waals surface area contributed by atoms with Gasteiger partial charge in [-0.05, 0) is 23.8 Å². The number of ether oxygens (including phenoxy) is 6. The van der Waals surface area contributed by atoms with Crippen molar-refractivity contribution in [1.29, 1.82) is 0 Å². The Morgan fingerprint density at radius 2 is 1.58 bits per heavy atom. The minimum atomic E-state index is -6.10. The minimum absolute atomic E-state index is 0.0426. The molecule has 0 bridgehead atoms. The lowest BCUT2D eigenvalue weighted by Crippen LogP contribution is -2.29. The second-order valence-corrected chi connectivity index (χ2v) is 9.76. The molecule has 14 heteroatoms. The number of cyclic esters (lactones) is 1. The molecular weight excluding hydrogens is 537 g/mol. The van der Waals surface area contributed by atoms with Gasteiger partial charge in [0.15, 0.2) is 28.7 Å². The Morgan fingerprint density at radius 3 is 2.11 bits per heavy atom. The molecule has 0 amide bonds. The zero-order chi connectivity index (χ0) is 27.8. The number of esters is 1. The lowest BCUT2D eigenvalue weighted by Gasteiger charge is -2.28. The summed E-state index contributed by atoms with van der Waals surface area (Å²) >= 11 is 0. The molecule has 0 aromatic heterocycles. The van der Waals surface area contributed by atoms with Crippen LogP contribution in [0.15, 0.2) is 36.9 Å². The summed E-state index contributed by atoms with van der Waals surface area (Å²) in [7, 11) is -2.00. The van der Waals surface area contributed by atoms with Crippen molar-refractivity contribution in [2.75, 3.05) is 34.7 Å². The fourth-order valence-corrected chi connectivity index (χ4v) is 4.91. The number of rotatable bonds is 9. The van der Waals surface area contributed by atoms with E-state index in [9.17, 15) is 26.4 Å². The Labute approximate surface area is 215 Å². The maximum absolute atomic E-state index is 13.3. The van der Waals surface area contributed by atoms with Gasteiger partial charge < -0.3 is 32.6 Å². The minimum Gasteiger partial charge on any atom is -0.493 e. The fourth-order valence-electron chi connectivity index (χ4n) is 4.43. The zero-order valence-corrected chi connectivity index (χ0v) is 21.2. The number of methoxy groups -OCH3 is 3. The maximum Gasteiger partial charge on any atom is 0.534 e. The van der Waals surface area contributed by atoms with Crippen molar-refractivity contribution in [3.8, 4) is 34.5 Å². The van der Waals surface area contributed by atoms with Crippen LogP contribution in [-0.2, 0) is 19.6 Å². The summed E-state index contributed by atoms with van der Waals surface area (Å²) in [5.41, 5.74) is -5.55. The molecule has 0 radical (unpaired) electrons. The Kier molecular flexibility index (Phi) is 7.28. The Morgan fingerprint density at radius 1 is 0.974 bits per heavy atom. The molecule has 0 saturated carbocycles. The van der Waals surface area contributed by atoms with Crippen molar-refractivity contribution in [2.45, 2.75) is 11.4 Å². The van der Waals surface area contributed by atoms with E-state index in [1.807, 2.05) is 0 Å². The highest BCUT2D eigenvalue weighted by Gasteiger charge is 2.50. The van der Waals surface area contributed by atoms with E-state index in [-0.39, 0.29) is 47.7 Å². The number of hydrogen-bond donors (Lipinski definition) is 0. The molecule has 0 N–H and O–H groups in total. The largest absolute Gasteiger partial charge is 0.534 e. The van der Waals surface area contributed by atoms with Crippen LogP contribution in [0.3, 0.4) is 0 Å². The monoisotopic (exact) mass is 560 g/mol. The summed E-state index contributed by atoms with van der Waals surface area (Å²) in [6, 6.07) is 5.22. The van der Waals surface area contributed by atoms with Gasteiger partial charge >= 0.3 is 21.6 Å². The first kappa shape index (κ1) is 27.2. The maximum atomic E-state index is 13.3. The lowest BCUT2D eigenvalue weighted by molar-refractivity contribution is -0.141. The third-order valence-electron chi connectivity index (χ3n) is 6.18. The highest BCUT2D eigenvalue weighted by atomic mass is 32.2. The average Bonchev–Trinajstić information content (AvgIpc) is 3.48. The van der Waals surface area contributed by atoms with Crippen LogP contribution in [0.2, 0.25) is 0 Å². The quantitative estimate of drug-likeness (QED) is 0.194. The van der Waals surface area contributed by atoms with E-state index >= 15 is 0 Å². The van der Waals surface area contributed by atoms with Gasteiger partial charge in [0.1, 0.15) is 0 Å². The van der Waals surface area contributed by atoms with Crippen LogP contribution in [0.25, 0.3) is 0 Å². The number of halogens is 3. The van der Waals surface area contributed by atoms with Gasteiger partial charge in [-0.2, -0.15) is 21.6 Å². The van der Waals surface area contributed by atoms with E-state index in [2.05, 4.69) is 10.8 Å². The van der Waals surface area contributed by atoms with Gasteiger partial charge in [0.05, 0.1) is 33.9 Å². The number of carbonyl (C=O) groups is 1. The van der Waals surface area contributed by atoms with Crippen molar-refractivity contribution in [1.82, 2.24) is 0 Å². The van der Waals surface area contributed by atoms with Crippen LogP contribution in [0, 0.1) is 11.8 Å². The van der Waals surface area contributed by atoms with Crippen LogP contribution >= 0.6 is 0 Å². The van der Waals surface area contributed by atoms with E-state index < -0.39 is 45.1 Å². The van der Waals surface area contributed by atoms with E-state index in [1.165, 1.54) is 45.6 Å². The number of fused-ring (bicyclic) bond motifs is 1. The Bertz CT molecular complexity index is 1330. The molecule has 2 aromatic rings. The standard InChI is InChI=1S/C24H23F3O10S/c1-5-12-10-34-23(28)21(12)20(13-6-18(31-2)22(33-4)19(7-13)32-3)14-8-16-17(36-11-35-16)9-15(14)37-38(29,30)24(25,26)27/h5-9,12,20-21H,1,10-11H2,2-4H3/t12-,20+,21-/m0/s1. The van der Waals surface area contributed by atoms with Crippen LogP contribution in [-0.4, -0.2) is 54.6 Å². The molecule has 206 valence electrons. The summed E-state index contributed by atoms with van der Waals surface area (Å²) < 4.78 is 101. The first-order valence-corrected chi connectivity index (χ1v) is 12.4. The number of benzene rings is 2. The number of hydrogen-bond acceptors (Lipinski definition) is 10. The molecule has 3 atom stereocenters. The van der Waals surface area contributed by atoms with Crippen molar-refractivity contribution in [3.05, 3.63) is 48.0 Å². The van der Waals surface area contributed by atoms with Crippen molar-refractivity contribution in [3.63, 3.8) is 0 Å². The second-order valence-electron chi connectivity index (χ2n) is 8.22. The van der Waals surface area contributed by atoms with Gasteiger partial charge in [-0.25, -0.2) is 0 Å².